The summed E-state index contributed by atoms with van der Waals surface area (Å²) in [6.07, 6.45) is 3.11. The van der Waals surface area contributed by atoms with Crippen molar-refractivity contribution in [2.24, 2.45) is 5.41 Å². The van der Waals surface area contributed by atoms with Crippen molar-refractivity contribution in [2.75, 3.05) is 0 Å². The van der Waals surface area contributed by atoms with Crippen LogP contribution >= 0.6 is 0 Å². The lowest BCUT2D eigenvalue weighted by atomic mass is 9.85. The van der Waals surface area contributed by atoms with E-state index in [1.165, 1.54) is 0 Å². The van der Waals surface area contributed by atoms with Gasteiger partial charge in [-0.2, -0.15) is 0 Å². The number of carbonyl (C=O) groups is 3. The number of benzene rings is 3. The minimum Gasteiger partial charge on any atom is -0.427 e. The van der Waals surface area contributed by atoms with E-state index in [2.05, 4.69) is 17.6 Å². The number of amides is 2. The molecule has 3 aromatic carbocycles. The lowest BCUT2D eigenvalue weighted by molar-refractivity contribution is -0.134. The first-order valence-corrected chi connectivity index (χ1v) is 14.1. The Hall–Kier alpha value is -3.93. The van der Waals surface area contributed by atoms with Crippen LogP contribution in [0.25, 0.3) is 11.1 Å². The molecule has 0 heterocycles. The van der Waals surface area contributed by atoms with Crippen molar-refractivity contribution in [1.82, 2.24) is 10.6 Å². The third-order valence-electron chi connectivity index (χ3n) is 6.95. The second-order valence-corrected chi connectivity index (χ2v) is 11.4. The average Bonchev–Trinajstić information content (AvgIpc) is 2.91. The minimum absolute atomic E-state index is 0.218. The maximum Gasteiger partial charge on any atom is 0.311 e. The fourth-order valence-electron chi connectivity index (χ4n) is 4.59. The van der Waals surface area contributed by atoms with Gasteiger partial charge in [-0.25, -0.2) is 0 Å². The number of carbonyl (C=O) groups excluding carboxylic acids is 3. The number of ether oxygens (including phenoxy) is 1. The van der Waals surface area contributed by atoms with Crippen LogP contribution in [0.5, 0.6) is 5.75 Å². The van der Waals surface area contributed by atoms with Crippen LogP contribution in [0.2, 0.25) is 0 Å². The summed E-state index contributed by atoms with van der Waals surface area (Å²) in [4.78, 5) is 39.6. The predicted molar refractivity (Wildman–Crippen MR) is 160 cm³/mol. The second-order valence-electron chi connectivity index (χ2n) is 11.4. The van der Waals surface area contributed by atoms with E-state index in [1.54, 1.807) is 18.2 Å². The van der Waals surface area contributed by atoms with Gasteiger partial charge in [0.25, 0.3) is 5.91 Å². The Balaban J connectivity index is 1.90. The highest BCUT2D eigenvalue weighted by Crippen LogP contribution is 2.31. The second kappa shape index (κ2) is 13.9. The van der Waals surface area contributed by atoms with Crippen LogP contribution in [0.15, 0.2) is 72.8 Å². The van der Waals surface area contributed by atoms with Crippen molar-refractivity contribution >= 4 is 17.8 Å². The maximum absolute atomic E-state index is 13.8. The van der Waals surface area contributed by atoms with Crippen LogP contribution < -0.4 is 15.4 Å². The summed E-state index contributed by atoms with van der Waals surface area (Å²) in [6.45, 7) is 11.8. The molecule has 0 fully saturated rings. The van der Waals surface area contributed by atoms with Crippen molar-refractivity contribution in [2.45, 2.75) is 79.3 Å². The number of hydrogen-bond acceptors (Lipinski definition) is 4. The molecule has 0 radical (unpaired) electrons. The number of hydrogen-bond donors (Lipinski definition) is 2. The average molecular weight is 543 g/mol. The van der Waals surface area contributed by atoms with Crippen molar-refractivity contribution in [3.8, 4) is 16.9 Å². The molecular weight excluding hydrogens is 500 g/mol. The third kappa shape index (κ3) is 8.28. The standard InChI is InChI=1S/C34H42N2O4/c1-7-8-10-19-30(37)40-26-20-21-28(29(22-26)27-18-14-13-15-23(27)2)32(38)36-31(34(4,5)6)33(39)35-24(3)25-16-11-9-12-17-25/h9,11-18,20-22,24,31H,7-8,10,19H2,1-6H3,(H,35,39)(H,36,38)/t24-,31-/m1/s1. The fraction of sp³-hybridized carbons (Fsp3) is 0.382. The van der Waals surface area contributed by atoms with Gasteiger partial charge in [0.1, 0.15) is 11.8 Å². The molecule has 40 heavy (non-hydrogen) atoms. The zero-order valence-electron chi connectivity index (χ0n) is 24.5. The highest BCUT2D eigenvalue weighted by Gasteiger charge is 2.34. The van der Waals surface area contributed by atoms with Gasteiger partial charge in [-0.3, -0.25) is 14.4 Å². The zero-order valence-corrected chi connectivity index (χ0v) is 24.5. The molecule has 2 N–H and O–H groups in total. The Labute approximate surface area is 238 Å². The normalized spacial score (nSPS) is 12.8. The fourth-order valence-corrected chi connectivity index (χ4v) is 4.59. The molecule has 0 aromatic heterocycles. The van der Waals surface area contributed by atoms with E-state index in [-0.39, 0.29) is 23.8 Å². The molecule has 0 bridgehead atoms. The van der Waals surface area contributed by atoms with Crippen LogP contribution in [0.4, 0.5) is 0 Å². The van der Waals surface area contributed by atoms with E-state index in [0.717, 1.165) is 36.0 Å². The predicted octanol–water partition coefficient (Wildman–Crippen LogP) is 7.17. The Bertz CT molecular complexity index is 1310. The first-order chi connectivity index (χ1) is 19.0. The molecule has 0 unspecified atom stereocenters. The lowest BCUT2D eigenvalue weighted by Crippen LogP contribution is -2.54. The number of nitrogens with one attached hydrogen (secondary N) is 2. The number of esters is 1. The van der Waals surface area contributed by atoms with Gasteiger partial charge in [-0.15, -0.1) is 0 Å². The summed E-state index contributed by atoms with van der Waals surface area (Å²) in [6, 6.07) is 21.5. The molecule has 0 aliphatic heterocycles. The molecule has 0 aliphatic rings. The van der Waals surface area contributed by atoms with Crippen molar-refractivity contribution in [1.29, 1.82) is 0 Å². The van der Waals surface area contributed by atoms with Gasteiger partial charge < -0.3 is 15.4 Å². The lowest BCUT2D eigenvalue weighted by Gasteiger charge is -2.32. The van der Waals surface area contributed by atoms with Crippen LogP contribution in [0.3, 0.4) is 0 Å². The Morgan fingerprint density at radius 2 is 1.52 bits per heavy atom. The van der Waals surface area contributed by atoms with Gasteiger partial charge in [-0.1, -0.05) is 95.1 Å². The monoisotopic (exact) mass is 542 g/mol. The van der Waals surface area contributed by atoms with E-state index in [9.17, 15) is 14.4 Å². The number of aryl methyl sites for hydroxylation is 1. The molecule has 6 nitrogen and oxygen atoms in total. The summed E-state index contributed by atoms with van der Waals surface area (Å²) >= 11 is 0. The van der Waals surface area contributed by atoms with E-state index in [0.29, 0.717) is 23.3 Å². The summed E-state index contributed by atoms with van der Waals surface area (Å²) < 4.78 is 5.62. The Morgan fingerprint density at radius 1 is 0.850 bits per heavy atom. The van der Waals surface area contributed by atoms with Gasteiger partial charge >= 0.3 is 5.97 Å². The topological polar surface area (TPSA) is 84.5 Å². The van der Waals surface area contributed by atoms with E-state index < -0.39 is 11.5 Å². The van der Waals surface area contributed by atoms with Crippen LogP contribution in [0, 0.1) is 12.3 Å². The molecule has 6 heteroatoms. The Morgan fingerprint density at radius 3 is 2.17 bits per heavy atom. The van der Waals surface area contributed by atoms with Crippen molar-refractivity contribution in [3.05, 3.63) is 89.5 Å². The van der Waals surface area contributed by atoms with Crippen LogP contribution in [0.1, 0.15) is 87.8 Å². The van der Waals surface area contributed by atoms with Crippen molar-refractivity contribution < 1.29 is 19.1 Å². The van der Waals surface area contributed by atoms with Gasteiger partial charge in [0.15, 0.2) is 0 Å². The first kappa shape index (κ1) is 30.6. The number of unbranched alkanes of at least 4 members (excludes halogenated alkanes) is 2. The maximum atomic E-state index is 13.8. The van der Waals surface area contributed by atoms with Gasteiger partial charge in [0.05, 0.1) is 6.04 Å². The summed E-state index contributed by atoms with van der Waals surface area (Å²) in [5.74, 6) is -0.537. The summed E-state index contributed by atoms with van der Waals surface area (Å²) in [5, 5.41) is 6.05. The molecule has 0 saturated heterocycles. The van der Waals surface area contributed by atoms with Crippen LogP contribution in [-0.4, -0.2) is 23.8 Å². The smallest absolute Gasteiger partial charge is 0.311 e. The summed E-state index contributed by atoms with van der Waals surface area (Å²) in [5.41, 5.74) is 3.30. The van der Waals surface area contributed by atoms with Crippen LogP contribution in [-0.2, 0) is 9.59 Å². The highest BCUT2D eigenvalue weighted by molar-refractivity contribution is 6.03. The van der Waals surface area contributed by atoms with Gasteiger partial charge in [0.2, 0.25) is 5.91 Å². The third-order valence-corrected chi connectivity index (χ3v) is 6.95. The van der Waals surface area contributed by atoms with Crippen molar-refractivity contribution in [3.63, 3.8) is 0 Å². The van der Waals surface area contributed by atoms with E-state index in [1.807, 2.05) is 89.2 Å². The quantitative estimate of drug-likeness (QED) is 0.153. The number of rotatable bonds is 11. The first-order valence-electron chi connectivity index (χ1n) is 14.1. The van der Waals surface area contributed by atoms with E-state index >= 15 is 0 Å². The Kier molecular flexibility index (Phi) is 10.7. The molecule has 0 aliphatic carbocycles. The van der Waals surface area contributed by atoms with Gasteiger partial charge in [0, 0.05) is 12.0 Å². The molecule has 0 spiro atoms. The molecular formula is C34H42N2O4. The molecule has 3 rings (SSSR count). The molecule has 212 valence electrons. The van der Waals surface area contributed by atoms with E-state index in [4.69, 9.17) is 4.74 Å². The molecule has 3 aromatic rings. The largest absolute Gasteiger partial charge is 0.427 e. The zero-order chi connectivity index (χ0) is 29.3. The minimum atomic E-state index is -0.785. The SMILES string of the molecule is CCCCCC(=O)Oc1ccc(C(=O)N[C@H](C(=O)N[C@H](C)c2ccccc2)C(C)(C)C)c(-c2ccccc2C)c1. The molecule has 2 amide bonds. The molecule has 2 atom stereocenters. The molecule has 0 saturated carbocycles. The van der Waals surface area contributed by atoms with Gasteiger partial charge in [-0.05, 0) is 66.1 Å². The summed E-state index contributed by atoms with van der Waals surface area (Å²) in [7, 11) is 0. The highest BCUT2D eigenvalue weighted by atomic mass is 16.5.